The van der Waals surface area contributed by atoms with Crippen molar-refractivity contribution in [1.29, 1.82) is 0 Å². The van der Waals surface area contributed by atoms with Crippen molar-refractivity contribution in [2.24, 2.45) is 0 Å². The van der Waals surface area contributed by atoms with Crippen molar-refractivity contribution in [1.82, 2.24) is 10.3 Å². The standard InChI is InChI=1S/C34H33N3O3S/c38-31(22-40-27-9-2-1-3-10-27)29-19-18-26(35-29)20-23-14-16-25(17-15-23)36-33(39)21-24-8-4-5-11-28(24)34-37-30-12-6-7-13-32(30)41-34/h1-17,26,29,31,35,38H,18-22H2,(H,36,39)/t26-,29+,31+/m0/s1. The molecule has 4 aromatic carbocycles. The number of aliphatic hydroxyl groups excluding tert-OH is 1. The Morgan fingerprint density at radius 1 is 0.951 bits per heavy atom. The van der Waals surface area contributed by atoms with Crippen LogP contribution in [0.2, 0.25) is 0 Å². The third-order valence-electron chi connectivity index (χ3n) is 7.52. The van der Waals surface area contributed by atoms with Crippen LogP contribution >= 0.6 is 11.3 Å². The first-order chi connectivity index (χ1) is 20.1. The lowest BCUT2D eigenvalue weighted by Crippen LogP contribution is -2.42. The predicted octanol–water partition coefficient (Wildman–Crippen LogP) is 6.25. The summed E-state index contributed by atoms with van der Waals surface area (Å²) < 4.78 is 6.87. The number of ether oxygens (including phenoxy) is 1. The number of aliphatic hydroxyl groups is 1. The van der Waals surface area contributed by atoms with Gasteiger partial charge >= 0.3 is 0 Å². The lowest BCUT2D eigenvalue weighted by molar-refractivity contribution is -0.115. The summed E-state index contributed by atoms with van der Waals surface area (Å²) in [5.74, 6) is 0.712. The number of aromatic nitrogens is 1. The van der Waals surface area contributed by atoms with Crippen LogP contribution in [0.15, 0.2) is 103 Å². The van der Waals surface area contributed by atoms with E-state index < -0.39 is 6.10 Å². The Hall–Kier alpha value is -4.04. The Labute approximate surface area is 244 Å². The summed E-state index contributed by atoms with van der Waals surface area (Å²) in [5, 5.41) is 18.2. The fourth-order valence-corrected chi connectivity index (χ4v) is 6.41. The van der Waals surface area contributed by atoms with Crippen LogP contribution in [-0.2, 0) is 17.6 Å². The Morgan fingerprint density at radius 3 is 2.54 bits per heavy atom. The highest BCUT2D eigenvalue weighted by Gasteiger charge is 2.29. The average Bonchev–Trinajstić information content (AvgIpc) is 3.65. The molecule has 7 heteroatoms. The van der Waals surface area contributed by atoms with Crippen molar-refractivity contribution in [3.63, 3.8) is 0 Å². The van der Waals surface area contributed by atoms with Gasteiger partial charge in [-0.05, 0) is 66.8 Å². The first-order valence-electron chi connectivity index (χ1n) is 14.1. The number of rotatable bonds is 10. The molecule has 0 aliphatic carbocycles. The zero-order chi connectivity index (χ0) is 28.0. The van der Waals surface area contributed by atoms with Crippen LogP contribution in [0.3, 0.4) is 0 Å². The van der Waals surface area contributed by atoms with Crippen LogP contribution in [0.1, 0.15) is 24.0 Å². The molecule has 6 nitrogen and oxygen atoms in total. The lowest BCUT2D eigenvalue weighted by Gasteiger charge is -2.20. The molecule has 3 atom stereocenters. The number of nitrogens with one attached hydrogen (secondary N) is 2. The number of carbonyl (C=O) groups excluding carboxylic acids is 1. The highest BCUT2D eigenvalue weighted by atomic mass is 32.1. The van der Waals surface area contributed by atoms with Crippen molar-refractivity contribution < 1.29 is 14.6 Å². The van der Waals surface area contributed by atoms with Crippen LogP contribution in [0.5, 0.6) is 5.75 Å². The van der Waals surface area contributed by atoms with E-state index in [1.54, 1.807) is 11.3 Å². The molecule has 0 radical (unpaired) electrons. The van der Waals surface area contributed by atoms with Gasteiger partial charge in [0.05, 0.1) is 16.6 Å². The number of fused-ring (bicyclic) bond motifs is 1. The normalized spacial score (nSPS) is 17.4. The summed E-state index contributed by atoms with van der Waals surface area (Å²) in [4.78, 5) is 17.8. The molecule has 208 valence electrons. The summed E-state index contributed by atoms with van der Waals surface area (Å²) in [7, 11) is 0. The molecule has 3 N–H and O–H groups in total. The number of thiazole rings is 1. The summed E-state index contributed by atoms with van der Waals surface area (Å²) in [6, 6.07) is 34.0. The molecule has 1 aliphatic rings. The van der Waals surface area contributed by atoms with Gasteiger partial charge in [0.15, 0.2) is 0 Å². The molecule has 1 aliphatic heterocycles. The number of benzene rings is 4. The third-order valence-corrected chi connectivity index (χ3v) is 8.59. The first-order valence-corrected chi connectivity index (χ1v) is 14.9. The van der Waals surface area contributed by atoms with E-state index in [1.165, 1.54) is 5.56 Å². The van der Waals surface area contributed by atoms with Gasteiger partial charge in [-0.25, -0.2) is 4.98 Å². The van der Waals surface area contributed by atoms with Crippen LogP contribution in [-0.4, -0.2) is 40.8 Å². The summed E-state index contributed by atoms with van der Waals surface area (Å²) >= 11 is 1.64. The molecular formula is C34H33N3O3S. The van der Waals surface area contributed by atoms with Crippen LogP contribution in [0.4, 0.5) is 5.69 Å². The Balaban J connectivity index is 1.01. The topological polar surface area (TPSA) is 83.5 Å². The Bertz CT molecular complexity index is 1570. The van der Waals surface area contributed by atoms with Crippen molar-refractivity contribution in [2.45, 2.75) is 43.9 Å². The van der Waals surface area contributed by atoms with E-state index in [-0.39, 0.29) is 25.0 Å². The molecule has 1 fully saturated rings. The molecule has 5 aromatic rings. The van der Waals surface area contributed by atoms with Gasteiger partial charge in [0.25, 0.3) is 0 Å². The van der Waals surface area contributed by atoms with Crippen LogP contribution in [0.25, 0.3) is 20.8 Å². The third kappa shape index (κ3) is 6.82. The maximum Gasteiger partial charge on any atom is 0.228 e. The SMILES string of the molecule is O=C(Cc1ccccc1-c1nc2ccccc2s1)Nc1ccc(C[C@@H]2CC[C@H]([C@H](O)COc3ccccc3)N2)cc1. The quantitative estimate of drug-likeness (QED) is 0.187. The second-order valence-electron chi connectivity index (χ2n) is 10.5. The fraction of sp³-hybridized carbons (Fsp3) is 0.235. The molecule has 0 bridgehead atoms. The van der Waals surface area contributed by atoms with Crippen LogP contribution in [0, 0.1) is 0 Å². The second-order valence-corrected chi connectivity index (χ2v) is 11.5. The molecule has 1 saturated heterocycles. The summed E-state index contributed by atoms with van der Waals surface area (Å²) in [6.45, 7) is 0.272. The number of nitrogens with zero attached hydrogens (tertiary/aromatic N) is 1. The van der Waals surface area contributed by atoms with E-state index >= 15 is 0 Å². The van der Waals surface area contributed by atoms with Crippen molar-refractivity contribution in [3.05, 3.63) is 114 Å². The van der Waals surface area contributed by atoms with Gasteiger partial charge in [0, 0.05) is 23.3 Å². The molecule has 2 heterocycles. The summed E-state index contributed by atoms with van der Waals surface area (Å²) in [6.07, 6.45) is 2.50. The minimum atomic E-state index is -0.558. The Morgan fingerprint density at radius 2 is 1.71 bits per heavy atom. The van der Waals surface area contributed by atoms with Gasteiger partial charge < -0.3 is 20.5 Å². The molecule has 6 rings (SSSR count). The van der Waals surface area contributed by atoms with Gasteiger partial charge in [-0.15, -0.1) is 11.3 Å². The van der Waals surface area contributed by atoms with Gasteiger partial charge in [0.1, 0.15) is 23.5 Å². The maximum absolute atomic E-state index is 13.0. The molecule has 0 spiro atoms. The number of anilines is 1. The minimum Gasteiger partial charge on any atom is -0.491 e. The van der Waals surface area contributed by atoms with Gasteiger partial charge in [-0.2, -0.15) is 0 Å². The molecule has 0 saturated carbocycles. The average molecular weight is 564 g/mol. The number of hydrogen-bond donors (Lipinski definition) is 3. The monoisotopic (exact) mass is 563 g/mol. The zero-order valence-electron chi connectivity index (χ0n) is 22.7. The number of amides is 1. The molecule has 1 amide bonds. The van der Waals surface area contributed by atoms with E-state index in [4.69, 9.17) is 9.72 Å². The highest BCUT2D eigenvalue weighted by Crippen LogP contribution is 2.32. The van der Waals surface area contributed by atoms with Crippen molar-refractivity contribution in [2.75, 3.05) is 11.9 Å². The maximum atomic E-state index is 13.0. The summed E-state index contributed by atoms with van der Waals surface area (Å²) in [5.41, 5.74) is 4.90. The molecule has 1 aromatic heterocycles. The zero-order valence-corrected chi connectivity index (χ0v) is 23.5. The predicted molar refractivity (Wildman–Crippen MR) is 165 cm³/mol. The fourth-order valence-electron chi connectivity index (χ4n) is 5.39. The van der Waals surface area contributed by atoms with E-state index in [0.717, 1.165) is 57.1 Å². The van der Waals surface area contributed by atoms with Gasteiger partial charge in [0.2, 0.25) is 5.91 Å². The van der Waals surface area contributed by atoms with Crippen molar-refractivity contribution >= 4 is 33.1 Å². The van der Waals surface area contributed by atoms with Gasteiger partial charge in [-0.3, -0.25) is 4.79 Å². The number of carbonyl (C=O) groups is 1. The van der Waals surface area contributed by atoms with E-state index in [2.05, 4.69) is 28.8 Å². The second kappa shape index (κ2) is 12.6. The van der Waals surface area contributed by atoms with Crippen molar-refractivity contribution in [3.8, 4) is 16.3 Å². The lowest BCUT2D eigenvalue weighted by atomic mass is 10.0. The molecule has 41 heavy (non-hydrogen) atoms. The smallest absolute Gasteiger partial charge is 0.228 e. The van der Waals surface area contributed by atoms with Crippen LogP contribution < -0.4 is 15.4 Å². The van der Waals surface area contributed by atoms with Gasteiger partial charge in [-0.1, -0.05) is 66.7 Å². The largest absolute Gasteiger partial charge is 0.491 e. The minimum absolute atomic E-state index is 0.0212. The van der Waals surface area contributed by atoms with E-state index in [1.807, 2.05) is 84.9 Å². The molecular weight excluding hydrogens is 530 g/mol. The van der Waals surface area contributed by atoms with E-state index in [9.17, 15) is 9.90 Å². The van der Waals surface area contributed by atoms with E-state index in [0.29, 0.717) is 6.04 Å². The number of hydrogen-bond acceptors (Lipinski definition) is 6. The number of para-hydroxylation sites is 2. The molecule has 0 unspecified atom stereocenters. The first kappa shape index (κ1) is 27.1. The Kier molecular flexibility index (Phi) is 8.37. The highest BCUT2D eigenvalue weighted by molar-refractivity contribution is 7.21.